The monoisotopic (exact) mass is 216 g/mol. The van der Waals surface area contributed by atoms with E-state index < -0.39 is 0 Å². The van der Waals surface area contributed by atoms with Crippen LogP contribution in [-0.2, 0) is 6.42 Å². The largest absolute Gasteiger partial charge is 0.363 e. The smallest absolute Gasteiger partial charge is 0.0459 e. The molecule has 2 heteroatoms. The van der Waals surface area contributed by atoms with Crippen LogP contribution < -0.4 is 10.2 Å². The Bertz CT molecular complexity index is 425. The number of piperazine rings is 1. The van der Waals surface area contributed by atoms with Gasteiger partial charge in [0.05, 0.1) is 0 Å². The SMILES string of the molecule is Cc1cc(C)c2c(c1)N1[C@@H](CNC[C@H]1C)C2. The third-order valence-corrected chi connectivity index (χ3v) is 4.00. The predicted molar refractivity (Wildman–Crippen MR) is 68.2 cm³/mol. The van der Waals surface area contributed by atoms with Crippen LogP contribution >= 0.6 is 0 Å². The second-order valence-corrected chi connectivity index (χ2v) is 5.35. The highest BCUT2D eigenvalue weighted by Crippen LogP contribution is 2.37. The molecule has 0 aromatic heterocycles. The lowest BCUT2D eigenvalue weighted by Gasteiger charge is -2.38. The minimum Gasteiger partial charge on any atom is -0.363 e. The molecule has 0 bridgehead atoms. The first kappa shape index (κ1) is 10.2. The summed E-state index contributed by atoms with van der Waals surface area (Å²) >= 11 is 0. The van der Waals surface area contributed by atoms with Crippen molar-refractivity contribution in [3.8, 4) is 0 Å². The molecule has 0 aliphatic carbocycles. The maximum absolute atomic E-state index is 3.53. The standard InChI is InChI=1S/C14H20N2/c1-9-4-10(2)13-6-12-8-15-7-11(3)16(12)14(13)5-9/h4-5,11-12,15H,6-8H2,1-3H3/t11-,12-/m1/s1. The van der Waals surface area contributed by atoms with E-state index in [1.165, 1.54) is 23.2 Å². The van der Waals surface area contributed by atoms with Crippen molar-refractivity contribution < 1.29 is 0 Å². The van der Waals surface area contributed by atoms with Gasteiger partial charge in [0.1, 0.15) is 0 Å². The van der Waals surface area contributed by atoms with Crippen LogP contribution in [0, 0.1) is 13.8 Å². The normalized spacial score (nSPS) is 27.8. The second-order valence-electron chi connectivity index (χ2n) is 5.35. The summed E-state index contributed by atoms with van der Waals surface area (Å²) in [4.78, 5) is 2.63. The van der Waals surface area contributed by atoms with Crippen molar-refractivity contribution in [3.63, 3.8) is 0 Å². The first-order valence-electron chi connectivity index (χ1n) is 6.26. The second kappa shape index (κ2) is 3.49. The maximum atomic E-state index is 3.53. The zero-order valence-electron chi connectivity index (χ0n) is 10.4. The molecular weight excluding hydrogens is 196 g/mol. The molecule has 0 radical (unpaired) electrons. The van der Waals surface area contributed by atoms with Crippen LogP contribution in [-0.4, -0.2) is 25.2 Å². The van der Waals surface area contributed by atoms with Crippen LogP contribution in [0.5, 0.6) is 0 Å². The number of fused-ring (bicyclic) bond motifs is 3. The van der Waals surface area contributed by atoms with Gasteiger partial charge in [-0.3, -0.25) is 0 Å². The van der Waals surface area contributed by atoms with Gasteiger partial charge in [-0.2, -0.15) is 0 Å². The molecule has 1 aromatic rings. The molecule has 2 aliphatic rings. The Morgan fingerprint density at radius 1 is 1.25 bits per heavy atom. The molecule has 1 fully saturated rings. The number of nitrogens with zero attached hydrogens (tertiary/aromatic N) is 1. The van der Waals surface area contributed by atoms with Gasteiger partial charge in [-0.25, -0.2) is 0 Å². The van der Waals surface area contributed by atoms with Gasteiger partial charge in [0, 0.05) is 30.9 Å². The first-order chi connectivity index (χ1) is 7.66. The van der Waals surface area contributed by atoms with Gasteiger partial charge in [-0.1, -0.05) is 6.07 Å². The van der Waals surface area contributed by atoms with Crippen LogP contribution in [0.4, 0.5) is 5.69 Å². The van der Waals surface area contributed by atoms with Crippen molar-refractivity contribution in [3.05, 3.63) is 28.8 Å². The summed E-state index contributed by atoms with van der Waals surface area (Å²) in [6.07, 6.45) is 1.22. The van der Waals surface area contributed by atoms with Crippen LogP contribution in [0.3, 0.4) is 0 Å². The minimum atomic E-state index is 0.626. The van der Waals surface area contributed by atoms with Crippen molar-refractivity contribution >= 4 is 5.69 Å². The molecule has 1 N–H and O–H groups in total. The Hall–Kier alpha value is -1.02. The first-order valence-corrected chi connectivity index (χ1v) is 6.26. The molecule has 2 atom stereocenters. The summed E-state index contributed by atoms with van der Waals surface area (Å²) in [6, 6.07) is 5.99. The molecule has 0 saturated carbocycles. The highest BCUT2D eigenvalue weighted by molar-refractivity contribution is 5.64. The van der Waals surface area contributed by atoms with Crippen molar-refractivity contribution in [2.45, 2.75) is 39.3 Å². The van der Waals surface area contributed by atoms with Gasteiger partial charge >= 0.3 is 0 Å². The summed E-state index contributed by atoms with van der Waals surface area (Å²) in [5.41, 5.74) is 5.93. The summed E-state index contributed by atoms with van der Waals surface area (Å²) < 4.78 is 0. The highest BCUT2D eigenvalue weighted by atomic mass is 15.3. The molecular formula is C14H20N2. The van der Waals surface area contributed by atoms with E-state index in [1.54, 1.807) is 5.56 Å². The summed E-state index contributed by atoms with van der Waals surface area (Å²) in [6.45, 7) is 9.03. The van der Waals surface area contributed by atoms with Crippen molar-refractivity contribution in [2.24, 2.45) is 0 Å². The number of benzene rings is 1. The number of nitrogens with one attached hydrogen (secondary N) is 1. The Labute approximate surface area is 97.6 Å². The Kier molecular flexibility index (Phi) is 2.21. The summed E-state index contributed by atoms with van der Waals surface area (Å²) in [5.74, 6) is 0. The third-order valence-electron chi connectivity index (χ3n) is 4.00. The number of aryl methyl sites for hydroxylation is 2. The predicted octanol–water partition coefficient (Wildman–Crippen LogP) is 2.03. The van der Waals surface area contributed by atoms with Gasteiger partial charge in [-0.15, -0.1) is 0 Å². The van der Waals surface area contributed by atoms with E-state index in [2.05, 4.69) is 43.1 Å². The number of hydrogen-bond donors (Lipinski definition) is 1. The fourth-order valence-corrected chi connectivity index (χ4v) is 3.33. The summed E-state index contributed by atoms with van der Waals surface area (Å²) in [5, 5.41) is 3.53. The lowest BCUT2D eigenvalue weighted by molar-refractivity contribution is 0.429. The number of anilines is 1. The molecule has 3 rings (SSSR count). The van der Waals surface area contributed by atoms with Crippen LogP contribution in [0.25, 0.3) is 0 Å². The van der Waals surface area contributed by atoms with E-state index in [0.717, 1.165) is 13.1 Å². The van der Waals surface area contributed by atoms with Crippen molar-refractivity contribution in [1.82, 2.24) is 5.32 Å². The lowest BCUT2D eigenvalue weighted by Crippen LogP contribution is -2.54. The van der Waals surface area contributed by atoms with E-state index in [-0.39, 0.29) is 0 Å². The molecule has 16 heavy (non-hydrogen) atoms. The van der Waals surface area contributed by atoms with E-state index in [9.17, 15) is 0 Å². The molecule has 2 heterocycles. The topological polar surface area (TPSA) is 15.3 Å². The Morgan fingerprint density at radius 3 is 2.88 bits per heavy atom. The fourth-order valence-electron chi connectivity index (χ4n) is 3.33. The van der Waals surface area contributed by atoms with Gasteiger partial charge in [0.2, 0.25) is 0 Å². The zero-order chi connectivity index (χ0) is 11.3. The Balaban J connectivity index is 2.10. The highest BCUT2D eigenvalue weighted by Gasteiger charge is 2.35. The summed E-state index contributed by atoms with van der Waals surface area (Å²) in [7, 11) is 0. The third kappa shape index (κ3) is 1.36. The van der Waals surface area contributed by atoms with Gasteiger partial charge in [-0.05, 0) is 49.9 Å². The van der Waals surface area contributed by atoms with E-state index in [1.807, 2.05) is 0 Å². The average Bonchev–Trinajstić information content (AvgIpc) is 2.58. The van der Waals surface area contributed by atoms with Crippen LogP contribution in [0.15, 0.2) is 12.1 Å². The molecule has 86 valence electrons. The molecule has 1 aromatic carbocycles. The van der Waals surface area contributed by atoms with Crippen molar-refractivity contribution in [2.75, 3.05) is 18.0 Å². The molecule has 0 spiro atoms. The number of rotatable bonds is 0. The molecule has 0 unspecified atom stereocenters. The molecule has 2 nitrogen and oxygen atoms in total. The quantitative estimate of drug-likeness (QED) is 0.714. The van der Waals surface area contributed by atoms with E-state index in [0.29, 0.717) is 12.1 Å². The zero-order valence-corrected chi connectivity index (χ0v) is 10.4. The van der Waals surface area contributed by atoms with Crippen LogP contribution in [0.2, 0.25) is 0 Å². The van der Waals surface area contributed by atoms with Gasteiger partial charge in [0.15, 0.2) is 0 Å². The van der Waals surface area contributed by atoms with Crippen LogP contribution in [0.1, 0.15) is 23.6 Å². The molecule has 2 aliphatic heterocycles. The van der Waals surface area contributed by atoms with Crippen molar-refractivity contribution in [1.29, 1.82) is 0 Å². The van der Waals surface area contributed by atoms with E-state index in [4.69, 9.17) is 0 Å². The molecule has 0 amide bonds. The fraction of sp³-hybridized carbons (Fsp3) is 0.571. The lowest BCUT2D eigenvalue weighted by atomic mass is 10.0. The molecule has 1 saturated heterocycles. The Morgan fingerprint density at radius 2 is 2.06 bits per heavy atom. The average molecular weight is 216 g/mol. The van der Waals surface area contributed by atoms with E-state index >= 15 is 0 Å². The number of hydrogen-bond acceptors (Lipinski definition) is 2. The van der Waals surface area contributed by atoms with Gasteiger partial charge < -0.3 is 10.2 Å². The maximum Gasteiger partial charge on any atom is 0.0459 e. The minimum absolute atomic E-state index is 0.626. The van der Waals surface area contributed by atoms with Gasteiger partial charge in [0.25, 0.3) is 0 Å².